The number of rotatable bonds is 5. The number of allylic oxidation sites excluding steroid dienone is 1. The molecule has 0 spiro atoms. The molecule has 0 radical (unpaired) electrons. The van der Waals surface area contributed by atoms with Crippen LogP contribution in [0.1, 0.15) is 44.7 Å². The van der Waals surface area contributed by atoms with Crippen LogP contribution in [0.5, 0.6) is 0 Å². The first kappa shape index (κ1) is 20.7. The van der Waals surface area contributed by atoms with E-state index in [1.54, 1.807) is 26.0 Å². The lowest BCUT2D eigenvalue weighted by molar-refractivity contribution is -0.139. The Morgan fingerprint density at radius 2 is 2.07 bits per heavy atom. The summed E-state index contributed by atoms with van der Waals surface area (Å²) in [4.78, 5) is 34.0. The molecule has 3 heterocycles. The Kier molecular flexibility index (Phi) is 5.94. The Balaban J connectivity index is 1.72. The van der Waals surface area contributed by atoms with Crippen LogP contribution in [-0.2, 0) is 14.3 Å². The maximum absolute atomic E-state index is 14.1. The molecule has 1 fully saturated rings. The molecule has 6 nitrogen and oxygen atoms in total. The van der Waals surface area contributed by atoms with Gasteiger partial charge in [0.1, 0.15) is 5.82 Å². The van der Waals surface area contributed by atoms with Crippen molar-refractivity contribution in [2.45, 2.75) is 39.2 Å². The van der Waals surface area contributed by atoms with Crippen LogP contribution in [0.4, 0.5) is 4.39 Å². The predicted molar refractivity (Wildman–Crippen MR) is 114 cm³/mol. The summed E-state index contributed by atoms with van der Waals surface area (Å²) in [5.41, 5.74) is 2.29. The molecule has 0 saturated carbocycles. The third-order valence-electron chi connectivity index (χ3n) is 5.45. The summed E-state index contributed by atoms with van der Waals surface area (Å²) in [6.45, 7) is 5.29. The maximum atomic E-state index is 14.1. The van der Waals surface area contributed by atoms with Gasteiger partial charge in [0.2, 0.25) is 5.91 Å². The second-order valence-corrected chi connectivity index (χ2v) is 8.27. The highest BCUT2D eigenvalue weighted by Gasteiger charge is 2.41. The molecule has 30 heavy (non-hydrogen) atoms. The molecule has 8 heteroatoms. The molecule has 3 aliphatic heterocycles. The Hall–Kier alpha value is -2.61. The molecule has 0 aromatic heterocycles. The number of benzene rings is 1. The van der Waals surface area contributed by atoms with Gasteiger partial charge in [0, 0.05) is 18.8 Å². The number of nitrogens with zero attached hydrogens (tertiary/aromatic N) is 3. The van der Waals surface area contributed by atoms with Crippen molar-refractivity contribution in [3.8, 4) is 0 Å². The first-order chi connectivity index (χ1) is 14.5. The zero-order valence-corrected chi connectivity index (χ0v) is 17.9. The number of esters is 1. The average Bonchev–Trinajstić information content (AvgIpc) is 3.37. The number of amides is 1. The van der Waals surface area contributed by atoms with E-state index in [4.69, 9.17) is 4.74 Å². The van der Waals surface area contributed by atoms with Crippen LogP contribution in [0.3, 0.4) is 0 Å². The number of thioether (sulfide) groups is 1. The first-order valence-corrected chi connectivity index (χ1v) is 11.0. The Morgan fingerprint density at radius 1 is 1.30 bits per heavy atom. The van der Waals surface area contributed by atoms with Crippen molar-refractivity contribution in [1.82, 2.24) is 9.80 Å². The van der Waals surface area contributed by atoms with Crippen LogP contribution < -0.4 is 0 Å². The number of hydrogen-bond donors (Lipinski definition) is 0. The van der Waals surface area contributed by atoms with E-state index >= 15 is 0 Å². The van der Waals surface area contributed by atoms with Crippen LogP contribution in [0, 0.1) is 5.82 Å². The quantitative estimate of drug-likeness (QED) is 0.663. The van der Waals surface area contributed by atoms with Gasteiger partial charge in [-0.15, -0.1) is 0 Å². The normalized spacial score (nSPS) is 20.8. The van der Waals surface area contributed by atoms with E-state index in [-0.39, 0.29) is 24.8 Å². The van der Waals surface area contributed by atoms with Gasteiger partial charge in [-0.1, -0.05) is 23.9 Å². The fraction of sp³-hybridized carbons (Fsp3) is 0.409. The van der Waals surface area contributed by atoms with Gasteiger partial charge in [-0.2, -0.15) is 0 Å². The van der Waals surface area contributed by atoms with Gasteiger partial charge in [0.25, 0.3) is 0 Å². The van der Waals surface area contributed by atoms with Gasteiger partial charge in [0.05, 0.1) is 30.3 Å². The largest absolute Gasteiger partial charge is 0.463 e. The second kappa shape index (κ2) is 8.63. The number of likely N-dealkylation sites (tertiary alicyclic amines) is 1. The molecule has 3 aliphatic rings. The van der Waals surface area contributed by atoms with E-state index < -0.39 is 12.0 Å². The Morgan fingerprint density at radius 3 is 2.77 bits per heavy atom. The molecule has 1 amide bonds. The highest BCUT2D eigenvalue weighted by molar-refractivity contribution is 8.16. The van der Waals surface area contributed by atoms with E-state index in [0.717, 1.165) is 31.6 Å². The van der Waals surface area contributed by atoms with Gasteiger partial charge in [-0.25, -0.2) is 14.2 Å². The third-order valence-corrected chi connectivity index (χ3v) is 6.34. The van der Waals surface area contributed by atoms with Gasteiger partial charge >= 0.3 is 5.97 Å². The number of fused-ring (bicyclic) bond motifs is 1. The van der Waals surface area contributed by atoms with Crippen LogP contribution in [0.25, 0.3) is 0 Å². The molecule has 1 saturated heterocycles. The summed E-state index contributed by atoms with van der Waals surface area (Å²) in [7, 11) is 0. The lowest BCUT2D eigenvalue weighted by atomic mass is 9.93. The van der Waals surface area contributed by atoms with Crippen molar-refractivity contribution >= 4 is 28.8 Å². The number of carbonyl (C=O) groups is 2. The van der Waals surface area contributed by atoms with E-state index in [9.17, 15) is 14.0 Å². The number of hydrogen-bond acceptors (Lipinski definition) is 6. The minimum Gasteiger partial charge on any atom is -0.463 e. The van der Waals surface area contributed by atoms with E-state index in [1.165, 1.54) is 23.9 Å². The number of ether oxygens (including phenoxy) is 1. The summed E-state index contributed by atoms with van der Waals surface area (Å²) in [6.07, 6.45) is 2.26. The number of halogens is 1. The van der Waals surface area contributed by atoms with Gasteiger partial charge in [-0.05, 0) is 49.8 Å². The van der Waals surface area contributed by atoms with Gasteiger partial charge < -0.3 is 14.5 Å². The first-order valence-electron chi connectivity index (χ1n) is 10.1. The molecule has 1 atom stereocenters. The van der Waals surface area contributed by atoms with Crippen LogP contribution >= 0.6 is 11.8 Å². The molecule has 158 valence electrons. The molecule has 0 aliphatic carbocycles. The zero-order valence-electron chi connectivity index (χ0n) is 17.1. The van der Waals surface area contributed by atoms with Crippen molar-refractivity contribution in [2.24, 2.45) is 4.99 Å². The fourth-order valence-corrected chi connectivity index (χ4v) is 5.03. The molecule has 4 rings (SSSR count). The Bertz CT molecular complexity index is 966. The Labute approximate surface area is 179 Å². The molecule has 1 aromatic carbocycles. The highest BCUT2D eigenvalue weighted by Crippen LogP contribution is 2.45. The van der Waals surface area contributed by atoms with Crippen LogP contribution in [-0.4, -0.2) is 46.5 Å². The van der Waals surface area contributed by atoms with Crippen molar-refractivity contribution in [3.05, 3.63) is 58.0 Å². The summed E-state index contributed by atoms with van der Waals surface area (Å²) < 4.78 is 19.4. The van der Waals surface area contributed by atoms with E-state index in [1.807, 2.05) is 15.2 Å². The van der Waals surface area contributed by atoms with Crippen molar-refractivity contribution in [2.75, 3.05) is 19.7 Å². The van der Waals surface area contributed by atoms with Gasteiger partial charge in [-0.3, -0.25) is 4.79 Å². The highest BCUT2D eigenvalue weighted by atomic mass is 32.2. The summed E-state index contributed by atoms with van der Waals surface area (Å²) in [5, 5.41) is 2.58. The summed E-state index contributed by atoms with van der Waals surface area (Å²) in [5.74, 6) is -0.806. The predicted octanol–water partition coefficient (Wildman–Crippen LogP) is 3.98. The lowest BCUT2D eigenvalue weighted by Gasteiger charge is -2.36. The second-order valence-electron chi connectivity index (χ2n) is 7.43. The van der Waals surface area contributed by atoms with E-state index in [0.29, 0.717) is 22.0 Å². The summed E-state index contributed by atoms with van der Waals surface area (Å²) >= 11 is 1.42. The van der Waals surface area contributed by atoms with Crippen LogP contribution in [0.15, 0.2) is 51.6 Å². The minimum atomic E-state index is -0.597. The van der Waals surface area contributed by atoms with Gasteiger partial charge in [0.15, 0.2) is 5.17 Å². The number of aliphatic imine (C=N–C) groups is 1. The standard InChI is InChI=1S/C22H24FN3O3S/c1-3-29-21(28)19-14(2)24-22-26(20(19)15-7-6-8-16(23)11-15)17(13-30-22)12-18(27)25-9-4-5-10-25/h6-8,11,13,20H,3-5,9-10,12H2,1-2H3. The number of carbonyl (C=O) groups excluding carboxylic acids is 2. The van der Waals surface area contributed by atoms with E-state index in [2.05, 4.69) is 4.99 Å². The van der Waals surface area contributed by atoms with Crippen molar-refractivity contribution < 1.29 is 18.7 Å². The fourth-order valence-electron chi connectivity index (χ4n) is 4.06. The van der Waals surface area contributed by atoms with Crippen LogP contribution in [0.2, 0.25) is 0 Å². The smallest absolute Gasteiger partial charge is 0.338 e. The SMILES string of the molecule is CCOC(=O)C1=C(C)N=C2SC=C(CC(=O)N3CCCC3)N2C1c1cccc(F)c1. The monoisotopic (exact) mass is 429 g/mol. The maximum Gasteiger partial charge on any atom is 0.338 e. The molecular weight excluding hydrogens is 405 g/mol. The molecule has 1 aromatic rings. The molecule has 0 bridgehead atoms. The molecule has 1 unspecified atom stereocenters. The lowest BCUT2D eigenvalue weighted by Crippen LogP contribution is -2.38. The molecule has 0 N–H and O–H groups in total. The number of amidine groups is 1. The van der Waals surface area contributed by atoms with Crippen molar-refractivity contribution in [3.63, 3.8) is 0 Å². The minimum absolute atomic E-state index is 0.0579. The third kappa shape index (κ3) is 3.88. The topological polar surface area (TPSA) is 62.2 Å². The van der Waals surface area contributed by atoms with Crippen molar-refractivity contribution in [1.29, 1.82) is 0 Å². The average molecular weight is 430 g/mol. The molecular formula is C22H24FN3O3S. The summed E-state index contributed by atoms with van der Waals surface area (Å²) in [6, 6.07) is 5.60. The zero-order chi connectivity index (χ0) is 21.3.